The van der Waals surface area contributed by atoms with E-state index in [0.717, 1.165) is 22.3 Å². The minimum atomic E-state index is 0.776. The number of nitrogens with zero attached hydrogens (tertiary/aromatic N) is 4. The SMILES string of the molecule is Cc1cnc(-n2cncn2)c2[nH]ccc12. The summed E-state index contributed by atoms with van der Waals surface area (Å²) >= 11 is 0. The number of H-pyrrole nitrogens is 1. The molecule has 3 aromatic heterocycles. The van der Waals surface area contributed by atoms with Gasteiger partial charge in [0.1, 0.15) is 12.7 Å². The molecule has 3 aromatic rings. The standard InChI is InChI=1S/C10H9N5/c1-7-4-13-10(15-6-11-5-14-15)9-8(7)2-3-12-9/h2-6,12H,1H3. The average molecular weight is 199 g/mol. The molecule has 5 heteroatoms. The van der Waals surface area contributed by atoms with Gasteiger partial charge in [0.25, 0.3) is 0 Å². The van der Waals surface area contributed by atoms with E-state index in [4.69, 9.17) is 0 Å². The Labute approximate surface area is 85.8 Å². The molecule has 0 atom stereocenters. The van der Waals surface area contributed by atoms with E-state index in [2.05, 4.69) is 20.1 Å². The van der Waals surface area contributed by atoms with Crippen molar-refractivity contribution < 1.29 is 0 Å². The first kappa shape index (κ1) is 8.16. The molecule has 0 aliphatic carbocycles. The van der Waals surface area contributed by atoms with Gasteiger partial charge in [0.2, 0.25) is 0 Å². The van der Waals surface area contributed by atoms with Gasteiger partial charge in [0, 0.05) is 17.8 Å². The highest BCUT2D eigenvalue weighted by Crippen LogP contribution is 2.20. The predicted molar refractivity (Wildman–Crippen MR) is 55.7 cm³/mol. The molecule has 0 spiro atoms. The van der Waals surface area contributed by atoms with Crippen LogP contribution in [0.25, 0.3) is 16.7 Å². The van der Waals surface area contributed by atoms with Crippen LogP contribution in [0.15, 0.2) is 31.1 Å². The lowest BCUT2D eigenvalue weighted by molar-refractivity contribution is 0.851. The zero-order valence-corrected chi connectivity index (χ0v) is 8.18. The van der Waals surface area contributed by atoms with E-state index >= 15 is 0 Å². The summed E-state index contributed by atoms with van der Waals surface area (Å²) in [4.78, 5) is 11.4. The van der Waals surface area contributed by atoms with Crippen LogP contribution < -0.4 is 0 Å². The molecule has 0 fully saturated rings. The number of pyridine rings is 1. The van der Waals surface area contributed by atoms with Crippen molar-refractivity contribution in [1.82, 2.24) is 24.7 Å². The summed E-state index contributed by atoms with van der Waals surface area (Å²) in [5.74, 6) is 0.776. The van der Waals surface area contributed by atoms with Crippen LogP contribution in [0.5, 0.6) is 0 Å². The maximum absolute atomic E-state index is 4.35. The Morgan fingerprint density at radius 1 is 1.40 bits per heavy atom. The number of fused-ring (bicyclic) bond motifs is 1. The monoisotopic (exact) mass is 199 g/mol. The molecule has 0 aromatic carbocycles. The zero-order valence-electron chi connectivity index (χ0n) is 8.18. The number of aromatic nitrogens is 5. The molecule has 5 nitrogen and oxygen atoms in total. The van der Waals surface area contributed by atoms with E-state index in [9.17, 15) is 0 Å². The Morgan fingerprint density at radius 3 is 3.13 bits per heavy atom. The molecule has 15 heavy (non-hydrogen) atoms. The minimum Gasteiger partial charge on any atom is -0.358 e. The first-order valence-electron chi connectivity index (χ1n) is 4.64. The largest absolute Gasteiger partial charge is 0.358 e. The molecule has 0 saturated carbocycles. The van der Waals surface area contributed by atoms with Gasteiger partial charge in [-0.15, -0.1) is 0 Å². The first-order chi connectivity index (χ1) is 7.36. The normalized spacial score (nSPS) is 11.0. The number of hydrogen-bond donors (Lipinski definition) is 1. The molecule has 0 radical (unpaired) electrons. The third-order valence-corrected chi connectivity index (χ3v) is 2.41. The maximum Gasteiger partial charge on any atom is 0.179 e. The van der Waals surface area contributed by atoms with Crippen LogP contribution in [0.3, 0.4) is 0 Å². The Morgan fingerprint density at radius 2 is 2.33 bits per heavy atom. The second-order valence-electron chi connectivity index (χ2n) is 3.37. The van der Waals surface area contributed by atoms with Gasteiger partial charge in [-0.05, 0) is 18.6 Å². The molecule has 0 bridgehead atoms. The van der Waals surface area contributed by atoms with E-state index < -0.39 is 0 Å². The summed E-state index contributed by atoms with van der Waals surface area (Å²) in [5.41, 5.74) is 2.13. The third-order valence-electron chi connectivity index (χ3n) is 2.41. The summed E-state index contributed by atoms with van der Waals surface area (Å²) in [6.45, 7) is 2.04. The first-order valence-corrected chi connectivity index (χ1v) is 4.64. The molecule has 0 saturated heterocycles. The summed E-state index contributed by atoms with van der Waals surface area (Å²) in [5, 5.41) is 5.23. The third kappa shape index (κ3) is 1.13. The fourth-order valence-electron chi connectivity index (χ4n) is 1.67. The van der Waals surface area contributed by atoms with Gasteiger partial charge in [-0.25, -0.2) is 14.6 Å². The van der Waals surface area contributed by atoms with Crippen molar-refractivity contribution in [3.05, 3.63) is 36.7 Å². The lowest BCUT2D eigenvalue weighted by Crippen LogP contribution is -1.99. The van der Waals surface area contributed by atoms with Crippen molar-refractivity contribution in [3.8, 4) is 5.82 Å². The Kier molecular flexibility index (Phi) is 1.58. The second-order valence-corrected chi connectivity index (χ2v) is 3.37. The topological polar surface area (TPSA) is 59.4 Å². The number of aryl methyl sites for hydroxylation is 1. The summed E-state index contributed by atoms with van der Waals surface area (Å²) in [7, 11) is 0. The summed E-state index contributed by atoms with van der Waals surface area (Å²) in [6, 6.07) is 2.03. The fourth-order valence-corrected chi connectivity index (χ4v) is 1.67. The van der Waals surface area contributed by atoms with Crippen molar-refractivity contribution in [1.29, 1.82) is 0 Å². The van der Waals surface area contributed by atoms with Gasteiger partial charge in [-0.3, -0.25) is 0 Å². The molecule has 0 unspecified atom stereocenters. The van der Waals surface area contributed by atoms with Crippen LogP contribution in [0.4, 0.5) is 0 Å². The molecular formula is C10H9N5. The van der Waals surface area contributed by atoms with E-state index in [1.807, 2.05) is 25.4 Å². The molecule has 3 rings (SSSR count). The number of rotatable bonds is 1. The van der Waals surface area contributed by atoms with Crippen LogP contribution >= 0.6 is 0 Å². The Bertz CT molecular complexity index is 593. The predicted octanol–water partition coefficient (Wildman–Crippen LogP) is 1.45. The number of aromatic amines is 1. The van der Waals surface area contributed by atoms with Gasteiger partial charge in [0.05, 0.1) is 5.52 Å². The molecular weight excluding hydrogens is 190 g/mol. The molecule has 0 aliphatic heterocycles. The van der Waals surface area contributed by atoms with Gasteiger partial charge in [-0.2, -0.15) is 5.10 Å². The maximum atomic E-state index is 4.35. The Balaban J connectivity index is 2.37. The van der Waals surface area contributed by atoms with Crippen LogP contribution in [-0.2, 0) is 0 Å². The van der Waals surface area contributed by atoms with E-state index in [0.29, 0.717) is 0 Å². The average Bonchev–Trinajstić information content (AvgIpc) is 2.88. The van der Waals surface area contributed by atoms with E-state index in [-0.39, 0.29) is 0 Å². The van der Waals surface area contributed by atoms with Gasteiger partial charge < -0.3 is 4.98 Å². The fraction of sp³-hybridized carbons (Fsp3) is 0.100. The van der Waals surface area contributed by atoms with Gasteiger partial charge in [0.15, 0.2) is 5.82 Å². The highest BCUT2D eigenvalue weighted by molar-refractivity contribution is 5.87. The minimum absolute atomic E-state index is 0.776. The highest BCUT2D eigenvalue weighted by Gasteiger charge is 2.07. The van der Waals surface area contributed by atoms with Crippen molar-refractivity contribution >= 4 is 10.9 Å². The number of hydrogen-bond acceptors (Lipinski definition) is 3. The molecule has 3 heterocycles. The van der Waals surface area contributed by atoms with Crippen LogP contribution in [0.1, 0.15) is 5.56 Å². The quantitative estimate of drug-likeness (QED) is 0.645. The van der Waals surface area contributed by atoms with Crippen LogP contribution in [0, 0.1) is 6.92 Å². The summed E-state index contributed by atoms with van der Waals surface area (Å²) < 4.78 is 1.65. The molecule has 74 valence electrons. The Hall–Kier alpha value is -2.17. The molecule has 0 aliphatic rings. The van der Waals surface area contributed by atoms with Crippen molar-refractivity contribution in [2.75, 3.05) is 0 Å². The smallest absolute Gasteiger partial charge is 0.179 e. The van der Waals surface area contributed by atoms with Crippen molar-refractivity contribution in [2.45, 2.75) is 6.92 Å². The van der Waals surface area contributed by atoms with Crippen LogP contribution in [0.2, 0.25) is 0 Å². The zero-order chi connectivity index (χ0) is 10.3. The van der Waals surface area contributed by atoms with E-state index in [1.165, 1.54) is 6.33 Å². The van der Waals surface area contributed by atoms with Gasteiger partial charge in [-0.1, -0.05) is 0 Å². The lowest BCUT2D eigenvalue weighted by Gasteiger charge is -2.02. The number of nitrogens with one attached hydrogen (secondary N) is 1. The summed E-state index contributed by atoms with van der Waals surface area (Å²) in [6.07, 6.45) is 6.88. The lowest BCUT2D eigenvalue weighted by atomic mass is 10.2. The van der Waals surface area contributed by atoms with E-state index in [1.54, 1.807) is 11.0 Å². The van der Waals surface area contributed by atoms with Gasteiger partial charge >= 0.3 is 0 Å². The molecule has 0 amide bonds. The van der Waals surface area contributed by atoms with Crippen LogP contribution in [-0.4, -0.2) is 24.7 Å². The highest BCUT2D eigenvalue weighted by atomic mass is 15.3. The molecule has 1 N–H and O–H groups in total. The van der Waals surface area contributed by atoms with Crippen molar-refractivity contribution in [3.63, 3.8) is 0 Å². The second kappa shape index (κ2) is 2.91. The van der Waals surface area contributed by atoms with Crippen molar-refractivity contribution in [2.24, 2.45) is 0 Å².